The van der Waals surface area contributed by atoms with Gasteiger partial charge in [-0.05, 0) is 6.92 Å². The van der Waals surface area contributed by atoms with Gasteiger partial charge in [0.15, 0.2) is 0 Å². The SMILES string of the molecule is C=C(C)COCCNc1c([N+](=O)[O-])c(C(C)C)nn1C. The lowest BCUT2D eigenvalue weighted by Gasteiger charge is -2.07. The van der Waals surface area contributed by atoms with Crippen LogP contribution in [-0.4, -0.2) is 34.5 Å². The third-order valence-electron chi connectivity index (χ3n) is 2.67. The van der Waals surface area contributed by atoms with E-state index < -0.39 is 0 Å². The molecule has 20 heavy (non-hydrogen) atoms. The van der Waals surface area contributed by atoms with Crippen molar-refractivity contribution in [1.29, 1.82) is 0 Å². The first kappa shape index (κ1) is 16.2. The quantitative estimate of drug-likeness (QED) is 0.343. The van der Waals surface area contributed by atoms with Crippen molar-refractivity contribution in [1.82, 2.24) is 9.78 Å². The van der Waals surface area contributed by atoms with E-state index in [1.54, 1.807) is 7.05 Å². The summed E-state index contributed by atoms with van der Waals surface area (Å²) in [5, 5.41) is 18.4. The van der Waals surface area contributed by atoms with E-state index in [2.05, 4.69) is 17.0 Å². The number of ether oxygens (including phenoxy) is 1. The minimum Gasteiger partial charge on any atom is -0.375 e. The topological polar surface area (TPSA) is 82.2 Å². The summed E-state index contributed by atoms with van der Waals surface area (Å²) >= 11 is 0. The second kappa shape index (κ2) is 7.04. The Hall–Kier alpha value is -1.89. The maximum Gasteiger partial charge on any atom is 0.334 e. The zero-order valence-corrected chi connectivity index (χ0v) is 12.5. The van der Waals surface area contributed by atoms with Crippen LogP contribution in [0.5, 0.6) is 0 Å². The summed E-state index contributed by atoms with van der Waals surface area (Å²) in [6.45, 7) is 10.8. The van der Waals surface area contributed by atoms with Crippen LogP contribution in [0.25, 0.3) is 0 Å². The Bertz CT molecular complexity index is 494. The van der Waals surface area contributed by atoms with Crippen LogP contribution < -0.4 is 5.32 Å². The molecule has 0 unspecified atom stereocenters. The molecule has 0 aliphatic heterocycles. The molecule has 0 amide bonds. The Morgan fingerprint density at radius 3 is 2.75 bits per heavy atom. The van der Waals surface area contributed by atoms with Gasteiger partial charge in [0.1, 0.15) is 5.69 Å². The van der Waals surface area contributed by atoms with E-state index in [-0.39, 0.29) is 16.5 Å². The Balaban J connectivity index is 2.74. The Labute approximate surface area is 118 Å². The first-order valence-corrected chi connectivity index (χ1v) is 6.51. The minimum absolute atomic E-state index is 0.00295. The highest BCUT2D eigenvalue weighted by Gasteiger charge is 2.28. The van der Waals surface area contributed by atoms with Crippen LogP contribution in [0.2, 0.25) is 0 Å². The minimum atomic E-state index is -0.389. The first-order valence-electron chi connectivity index (χ1n) is 6.51. The van der Waals surface area contributed by atoms with E-state index >= 15 is 0 Å². The second-order valence-electron chi connectivity index (χ2n) is 5.05. The molecule has 0 atom stereocenters. The molecule has 112 valence electrons. The van der Waals surface area contributed by atoms with Gasteiger partial charge in [-0.15, -0.1) is 0 Å². The van der Waals surface area contributed by atoms with Crippen LogP contribution in [0.1, 0.15) is 32.4 Å². The number of nitrogens with one attached hydrogen (secondary N) is 1. The summed E-state index contributed by atoms with van der Waals surface area (Å²) in [4.78, 5) is 10.8. The molecule has 1 N–H and O–H groups in total. The van der Waals surface area contributed by atoms with Gasteiger partial charge in [0.25, 0.3) is 0 Å². The molecule has 7 heteroatoms. The normalized spacial score (nSPS) is 10.8. The van der Waals surface area contributed by atoms with E-state index in [1.807, 2.05) is 20.8 Å². The Morgan fingerprint density at radius 2 is 2.25 bits per heavy atom. The molecule has 7 nitrogen and oxygen atoms in total. The predicted octanol–water partition coefficient (Wildman–Crippen LogP) is 2.46. The third-order valence-corrected chi connectivity index (χ3v) is 2.67. The molecule has 0 aromatic carbocycles. The van der Waals surface area contributed by atoms with Crippen LogP contribution >= 0.6 is 0 Å². The number of aryl methyl sites for hydroxylation is 1. The van der Waals surface area contributed by atoms with E-state index in [9.17, 15) is 10.1 Å². The standard InChI is InChI=1S/C13H22N4O3/c1-9(2)8-20-7-6-14-13-12(17(18)19)11(10(3)4)15-16(13)5/h10,14H,1,6-8H2,2-5H3. The number of aromatic nitrogens is 2. The second-order valence-corrected chi connectivity index (χ2v) is 5.05. The smallest absolute Gasteiger partial charge is 0.334 e. The van der Waals surface area contributed by atoms with E-state index in [4.69, 9.17) is 4.74 Å². The van der Waals surface area contributed by atoms with Crippen LogP contribution in [0, 0.1) is 10.1 Å². The van der Waals surface area contributed by atoms with E-state index in [1.165, 1.54) is 4.68 Å². The number of nitro groups is 1. The molecular formula is C13H22N4O3. The van der Waals surface area contributed by atoms with Crippen LogP contribution in [0.4, 0.5) is 11.5 Å². The maximum absolute atomic E-state index is 11.2. The van der Waals surface area contributed by atoms with Gasteiger partial charge in [0.05, 0.1) is 18.1 Å². The van der Waals surface area contributed by atoms with Crippen molar-refractivity contribution in [3.63, 3.8) is 0 Å². The van der Waals surface area contributed by atoms with Crippen molar-refractivity contribution in [2.75, 3.05) is 25.1 Å². The van der Waals surface area contributed by atoms with Crippen molar-refractivity contribution >= 4 is 11.5 Å². The van der Waals surface area contributed by atoms with Crippen molar-refractivity contribution in [2.24, 2.45) is 7.05 Å². The van der Waals surface area contributed by atoms with Crippen LogP contribution in [0.15, 0.2) is 12.2 Å². The number of nitrogens with zero attached hydrogens (tertiary/aromatic N) is 3. The van der Waals surface area contributed by atoms with Gasteiger partial charge >= 0.3 is 5.69 Å². The fraction of sp³-hybridized carbons (Fsp3) is 0.615. The van der Waals surface area contributed by atoms with Gasteiger partial charge in [-0.3, -0.25) is 10.1 Å². The molecule has 0 saturated carbocycles. The number of hydrogen-bond donors (Lipinski definition) is 1. The fourth-order valence-electron chi connectivity index (χ4n) is 1.79. The fourth-order valence-corrected chi connectivity index (χ4v) is 1.79. The molecular weight excluding hydrogens is 260 g/mol. The monoisotopic (exact) mass is 282 g/mol. The molecule has 0 fully saturated rings. The average Bonchev–Trinajstić information content (AvgIpc) is 2.66. The van der Waals surface area contributed by atoms with Gasteiger partial charge in [0, 0.05) is 19.5 Å². The highest BCUT2D eigenvalue weighted by molar-refractivity contribution is 5.60. The lowest BCUT2D eigenvalue weighted by atomic mass is 10.1. The van der Waals surface area contributed by atoms with Crippen LogP contribution in [0.3, 0.4) is 0 Å². The predicted molar refractivity (Wildman–Crippen MR) is 78.1 cm³/mol. The Morgan fingerprint density at radius 1 is 1.60 bits per heavy atom. The molecule has 1 aromatic rings. The molecule has 1 aromatic heterocycles. The summed E-state index contributed by atoms with van der Waals surface area (Å²) in [6, 6.07) is 0. The van der Waals surface area contributed by atoms with Crippen molar-refractivity contribution in [2.45, 2.75) is 26.7 Å². The van der Waals surface area contributed by atoms with Gasteiger partial charge in [-0.2, -0.15) is 5.10 Å². The summed E-state index contributed by atoms with van der Waals surface area (Å²) in [5.41, 5.74) is 1.48. The van der Waals surface area contributed by atoms with E-state index in [0.29, 0.717) is 31.3 Å². The molecule has 0 radical (unpaired) electrons. The number of rotatable bonds is 8. The van der Waals surface area contributed by atoms with Crippen molar-refractivity contribution in [3.8, 4) is 0 Å². The van der Waals surface area contributed by atoms with Gasteiger partial charge in [-0.1, -0.05) is 26.0 Å². The maximum atomic E-state index is 11.2. The third kappa shape index (κ3) is 4.06. The van der Waals surface area contributed by atoms with E-state index in [0.717, 1.165) is 5.57 Å². The van der Waals surface area contributed by atoms with Gasteiger partial charge in [0.2, 0.25) is 5.82 Å². The lowest BCUT2D eigenvalue weighted by molar-refractivity contribution is -0.384. The molecule has 0 saturated heterocycles. The Kier molecular flexibility index (Phi) is 5.69. The van der Waals surface area contributed by atoms with Gasteiger partial charge < -0.3 is 10.1 Å². The van der Waals surface area contributed by atoms with Crippen molar-refractivity contribution < 1.29 is 9.66 Å². The average molecular weight is 282 g/mol. The molecule has 1 rings (SSSR count). The lowest BCUT2D eigenvalue weighted by Crippen LogP contribution is -2.13. The number of anilines is 1. The molecule has 0 spiro atoms. The van der Waals surface area contributed by atoms with Crippen LogP contribution in [-0.2, 0) is 11.8 Å². The molecule has 0 aliphatic rings. The first-order chi connectivity index (χ1) is 9.34. The molecule has 1 heterocycles. The summed E-state index contributed by atoms with van der Waals surface area (Å²) in [7, 11) is 1.69. The summed E-state index contributed by atoms with van der Waals surface area (Å²) in [6.07, 6.45) is 0. The van der Waals surface area contributed by atoms with Crippen molar-refractivity contribution in [3.05, 3.63) is 28.0 Å². The zero-order chi connectivity index (χ0) is 15.3. The molecule has 0 bridgehead atoms. The summed E-state index contributed by atoms with van der Waals surface area (Å²) in [5.74, 6) is 0.412. The molecule has 0 aliphatic carbocycles. The highest BCUT2D eigenvalue weighted by atomic mass is 16.6. The highest BCUT2D eigenvalue weighted by Crippen LogP contribution is 2.32. The largest absolute Gasteiger partial charge is 0.375 e. The zero-order valence-electron chi connectivity index (χ0n) is 12.5. The number of hydrogen-bond acceptors (Lipinski definition) is 5. The summed E-state index contributed by atoms with van der Waals surface area (Å²) < 4.78 is 6.86. The van der Waals surface area contributed by atoms with Gasteiger partial charge in [-0.25, -0.2) is 4.68 Å².